The highest BCUT2D eigenvalue weighted by Crippen LogP contribution is 2.24. The predicted octanol–water partition coefficient (Wildman–Crippen LogP) is 2.38. The van der Waals surface area contributed by atoms with Crippen LogP contribution in [0, 0.1) is 6.92 Å². The highest BCUT2D eigenvalue weighted by Gasteiger charge is 2.36. The highest BCUT2D eigenvalue weighted by atomic mass is 35.5. The summed E-state index contributed by atoms with van der Waals surface area (Å²) in [5.41, 5.74) is 1.52. The number of piperazine rings is 1. The van der Waals surface area contributed by atoms with Crippen LogP contribution in [0.5, 0.6) is 0 Å². The van der Waals surface area contributed by atoms with Crippen LogP contribution >= 0.6 is 11.6 Å². The van der Waals surface area contributed by atoms with Gasteiger partial charge in [0.25, 0.3) is 0 Å². The fraction of sp³-hybridized carbons (Fsp3) is 0.529. The summed E-state index contributed by atoms with van der Waals surface area (Å²) < 4.78 is 0. The number of hydrogen-bond acceptors (Lipinski definition) is 3. The molecule has 1 heterocycles. The van der Waals surface area contributed by atoms with Gasteiger partial charge < -0.3 is 16.0 Å². The van der Waals surface area contributed by atoms with Gasteiger partial charge in [-0.3, -0.25) is 9.59 Å². The molecule has 1 aromatic carbocycles. The van der Waals surface area contributed by atoms with E-state index in [0.29, 0.717) is 10.7 Å². The van der Waals surface area contributed by atoms with Gasteiger partial charge in [-0.05, 0) is 37.5 Å². The molecule has 3 atom stereocenters. The molecule has 0 bridgehead atoms. The summed E-state index contributed by atoms with van der Waals surface area (Å²) in [6, 6.07) is 5.42. The maximum absolute atomic E-state index is 12.3. The molecular formula is C17H22ClN3O2. The highest BCUT2D eigenvalue weighted by molar-refractivity contribution is 6.31. The van der Waals surface area contributed by atoms with Gasteiger partial charge in [-0.15, -0.1) is 0 Å². The van der Waals surface area contributed by atoms with Crippen LogP contribution in [0.2, 0.25) is 5.02 Å². The first-order valence-electron chi connectivity index (χ1n) is 8.16. The predicted molar refractivity (Wildman–Crippen MR) is 90.5 cm³/mol. The average Bonchev–Trinajstić information content (AvgIpc) is 2.52. The van der Waals surface area contributed by atoms with Crippen molar-refractivity contribution in [2.75, 3.05) is 5.32 Å². The number of carbonyl (C=O) groups is 2. The average molecular weight is 336 g/mol. The van der Waals surface area contributed by atoms with Gasteiger partial charge in [0.15, 0.2) is 0 Å². The molecule has 3 rings (SSSR count). The molecule has 0 spiro atoms. The van der Waals surface area contributed by atoms with E-state index in [1.54, 1.807) is 12.1 Å². The Morgan fingerprint density at radius 2 is 2.04 bits per heavy atom. The van der Waals surface area contributed by atoms with Crippen molar-refractivity contribution in [3.8, 4) is 0 Å². The van der Waals surface area contributed by atoms with Crippen LogP contribution in [0.15, 0.2) is 18.2 Å². The third kappa shape index (κ3) is 3.67. The van der Waals surface area contributed by atoms with Gasteiger partial charge in [0.2, 0.25) is 11.8 Å². The molecule has 0 aromatic heterocycles. The van der Waals surface area contributed by atoms with Gasteiger partial charge in [-0.2, -0.15) is 0 Å². The van der Waals surface area contributed by atoms with E-state index in [2.05, 4.69) is 16.0 Å². The quantitative estimate of drug-likeness (QED) is 0.794. The topological polar surface area (TPSA) is 70.2 Å². The van der Waals surface area contributed by atoms with Gasteiger partial charge in [0.1, 0.15) is 0 Å². The molecule has 1 aliphatic carbocycles. The molecule has 1 aliphatic heterocycles. The Balaban J connectivity index is 1.61. The Kier molecular flexibility index (Phi) is 4.87. The van der Waals surface area contributed by atoms with Gasteiger partial charge >= 0.3 is 0 Å². The molecule has 0 radical (unpaired) electrons. The summed E-state index contributed by atoms with van der Waals surface area (Å²) >= 11 is 6.06. The van der Waals surface area contributed by atoms with E-state index in [-0.39, 0.29) is 30.3 Å². The monoisotopic (exact) mass is 335 g/mol. The molecule has 1 saturated heterocycles. The van der Waals surface area contributed by atoms with Crippen molar-refractivity contribution >= 4 is 29.1 Å². The Bertz CT molecular complexity index is 620. The standard InChI is InChI=1S/C17H22ClN3O2/c1-10-11(18)5-4-8-12(10)20-16(22)9-15-17(23)21-14-7-3-2-6-13(14)19-15/h4-5,8,13-15,19H,2-3,6-7,9H2,1H3,(H,20,22)(H,21,23)/t13-,14+,15+/m0/s1. The zero-order valence-corrected chi connectivity index (χ0v) is 14.0. The fourth-order valence-corrected chi connectivity index (χ4v) is 3.58. The number of nitrogens with one attached hydrogen (secondary N) is 3. The molecule has 1 saturated carbocycles. The third-order valence-electron chi connectivity index (χ3n) is 4.76. The summed E-state index contributed by atoms with van der Waals surface area (Å²) in [6.45, 7) is 1.86. The number of amides is 2. The molecule has 2 aliphatic rings. The Morgan fingerprint density at radius 3 is 2.83 bits per heavy atom. The molecule has 2 fully saturated rings. The molecule has 5 nitrogen and oxygen atoms in total. The largest absolute Gasteiger partial charge is 0.350 e. The summed E-state index contributed by atoms with van der Waals surface area (Å²) in [7, 11) is 0. The number of carbonyl (C=O) groups excluding carboxylic acids is 2. The molecule has 0 unspecified atom stereocenters. The number of halogens is 1. The van der Waals surface area contributed by atoms with Crippen molar-refractivity contribution in [2.24, 2.45) is 0 Å². The van der Waals surface area contributed by atoms with Crippen molar-refractivity contribution < 1.29 is 9.59 Å². The molecule has 124 valence electrons. The normalized spacial score (nSPS) is 27.0. The van der Waals surface area contributed by atoms with Crippen molar-refractivity contribution in [3.63, 3.8) is 0 Å². The number of rotatable bonds is 3. The van der Waals surface area contributed by atoms with E-state index < -0.39 is 6.04 Å². The zero-order chi connectivity index (χ0) is 16.4. The second-order valence-corrected chi connectivity index (χ2v) is 6.80. The van der Waals surface area contributed by atoms with Crippen molar-refractivity contribution in [1.82, 2.24) is 10.6 Å². The van der Waals surface area contributed by atoms with Crippen LogP contribution < -0.4 is 16.0 Å². The molecule has 2 amide bonds. The summed E-state index contributed by atoms with van der Waals surface area (Å²) in [4.78, 5) is 24.5. The van der Waals surface area contributed by atoms with E-state index in [4.69, 9.17) is 11.6 Å². The minimum Gasteiger partial charge on any atom is -0.350 e. The molecule has 3 N–H and O–H groups in total. The molecule has 23 heavy (non-hydrogen) atoms. The lowest BCUT2D eigenvalue weighted by molar-refractivity contribution is -0.129. The SMILES string of the molecule is Cc1c(Cl)cccc1NC(=O)C[C@H]1N[C@H]2CCCC[C@H]2NC1=O. The number of hydrogen-bond donors (Lipinski definition) is 3. The van der Waals surface area contributed by atoms with Gasteiger partial charge in [0.05, 0.1) is 12.5 Å². The summed E-state index contributed by atoms with van der Waals surface area (Å²) in [5.74, 6) is -0.261. The number of fused-ring (bicyclic) bond motifs is 1. The molecule has 6 heteroatoms. The smallest absolute Gasteiger partial charge is 0.237 e. The van der Waals surface area contributed by atoms with E-state index in [0.717, 1.165) is 24.8 Å². The minimum atomic E-state index is -0.464. The Morgan fingerprint density at radius 1 is 1.30 bits per heavy atom. The first kappa shape index (κ1) is 16.3. The van der Waals surface area contributed by atoms with Crippen LogP contribution in [0.4, 0.5) is 5.69 Å². The van der Waals surface area contributed by atoms with Crippen LogP contribution in [0.25, 0.3) is 0 Å². The number of anilines is 1. The van der Waals surface area contributed by atoms with Gasteiger partial charge in [-0.25, -0.2) is 0 Å². The lowest BCUT2D eigenvalue weighted by atomic mass is 9.87. The third-order valence-corrected chi connectivity index (χ3v) is 5.17. The fourth-order valence-electron chi connectivity index (χ4n) is 3.40. The van der Waals surface area contributed by atoms with Crippen molar-refractivity contribution in [1.29, 1.82) is 0 Å². The van der Waals surface area contributed by atoms with E-state index in [1.807, 2.05) is 13.0 Å². The van der Waals surface area contributed by atoms with E-state index >= 15 is 0 Å². The van der Waals surface area contributed by atoms with Crippen molar-refractivity contribution in [3.05, 3.63) is 28.8 Å². The second kappa shape index (κ2) is 6.89. The maximum Gasteiger partial charge on any atom is 0.237 e. The summed E-state index contributed by atoms with van der Waals surface area (Å²) in [6.07, 6.45) is 4.52. The van der Waals surface area contributed by atoms with Crippen LogP contribution in [0.1, 0.15) is 37.7 Å². The van der Waals surface area contributed by atoms with Gasteiger partial charge in [-0.1, -0.05) is 30.5 Å². The lowest BCUT2D eigenvalue weighted by Crippen LogP contribution is -2.65. The first-order chi connectivity index (χ1) is 11.0. The summed E-state index contributed by atoms with van der Waals surface area (Å²) in [5, 5.41) is 9.86. The van der Waals surface area contributed by atoms with Crippen LogP contribution in [-0.2, 0) is 9.59 Å². The molecular weight excluding hydrogens is 314 g/mol. The lowest BCUT2D eigenvalue weighted by Gasteiger charge is -2.40. The van der Waals surface area contributed by atoms with E-state index in [9.17, 15) is 9.59 Å². The Labute approximate surface area is 141 Å². The maximum atomic E-state index is 12.3. The number of benzene rings is 1. The molecule has 1 aromatic rings. The van der Waals surface area contributed by atoms with Crippen molar-refractivity contribution in [2.45, 2.75) is 57.2 Å². The minimum absolute atomic E-state index is 0.0777. The zero-order valence-electron chi connectivity index (χ0n) is 13.2. The van der Waals surface area contributed by atoms with E-state index in [1.165, 1.54) is 6.42 Å². The Hall–Kier alpha value is -1.59. The van der Waals surface area contributed by atoms with Gasteiger partial charge in [0, 0.05) is 22.8 Å². The first-order valence-corrected chi connectivity index (χ1v) is 8.54. The van der Waals surface area contributed by atoms with Crippen LogP contribution in [-0.4, -0.2) is 29.9 Å². The second-order valence-electron chi connectivity index (χ2n) is 6.39. The van der Waals surface area contributed by atoms with Crippen LogP contribution in [0.3, 0.4) is 0 Å².